The topological polar surface area (TPSA) is 24.5 Å². The van der Waals surface area contributed by atoms with E-state index in [2.05, 4.69) is 55.5 Å². The summed E-state index contributed by atoms with van der Waals surface area (Å²) in [6.07, 6.45) is 5.25. The predicted molar refractivity (Wildman–Crippen MR) is 85.4 cm³/mol. The van der Waals surface area contributed by atoms with E-state index in [4.69, 9.17) is 4.74 Å². The number of anilines is 1. The quantitative estimate of drug-likeness (QED) is 0.826. The summed E-state index contributed by atoms with van der Waals surface area (Å²) in [5.41, 5.74) is 2.65. The molecule has 1 aromatic rings. The molecule has 1 heterocycles. The van der Waals surface area contributed by atoms with Crippen LogP contribution in [0.5, 0.6) is 0 Å². The standard InChI is InChI=1S/C17H28N2O/c1-4-18-17(11-10-16-9-6-12-20-16)14-7-5-8-15(13-14)19(2)3/h5,7-8,13,16-18H,4,6,9-12H2,1-3H3. The predicted octanol–water partition coefficient (Wildman–Crippen LogP) is 3.36. The molecule has 0 amide bonds. The average Bonchev–Trinajstić information content (AvgIpc) is 2.97. The summed E-state index contributed by atoms with van der Waals surface area (Å²) in [6.45, 7) is 4.13. The van der Waals surface area contributed by atoms with Gasteiger partial charge in [-0.15, -0.1) is 0 Å². The average molecular weight is 276 g/mol. The Bertz CT molecular complexity index is 400. The van der Waals surface area contributed by atoms with E-state index in [9.17, 15) is 0 Å². The Labute approximate surface area is 123 Å². The molecule has 1 aromatic carbocycles. The first-order chi connectivity index (χ1) is 9.70. The molecular weight excluding hydrogens is 248 g/mol. The number of hydrogen-bond acceptors (Lipinski definition) is 3. The zero-order valence-corrected chi connectivity index (χ0v) is 13.1. The second-order valence-corrected chi connectivity index (χ2v) is 5.81. The summed E-state index contributed by atoms with van der Waals surface area (Å²) in [4.78, 5) is 2.16. The van der Waals surface area contributed by atoms with Crippen LogP contribution in [0.15, 0.2) is 24.3 Å². The van der Waals surface area contributed by atoms with Crippen molar-refractivity contribution in [2.24, 2.45) is 0 Å². The minimum absolute atomic E-state index is 0.434. The highest BCUT2D eigenvalue weighted by Crippen LogP contribution is 2.26. The first-order valence-corrected chi connectivity index (χ1v) is 7.83. The molecule has 20 heavy (non-hydrogen) atoms. The molecular formula is C17H28N2O. The highest BCUT2D eigenvalue weighted by Gasteiger charge is 2.18. The van der Waals surface area contributed by atoms with Gasteiger partial charge in [-0.05, 0) is 49.9 Å². The lowest BCUT2D eigenvalue weighted by Crippen LogP contribution is -2.23. The zero-order valence-electron chi connectivity index (χ0n) is 13.1. The molecule has 0 aliphatic carbocycles. The summed E-state index contributed by atoms with van der Waals surface area (Å²) in [7, 11) is 4.18. The normalized spacial score (nSPS) is 20.1. The molecule has 0 spiro atoms. The van der Waals surface area contributed by atoms with Crippen LogP contribution in [0.4, 0.5) is 5.69 Å². The molecule has 1 N–H and O–H groups in total. The van der Waals surface area contributed by atoms with Crippen molar-refractivity contribution in [1.82, 2.24) is 5.32 Å². The Morgan fingerprint density at radius 1 is 1.40 bits per heavy atom. The van der Waals surface area contributed by atoms with Crippen LogP contribution in [0.3, 0.4) is 0 Å². The lowest BCUT2D eigenvalue weighted by atomic mass is 9.98. The van der Waals surface area contributed by atoms with Gasteiger partial charge in [-0.2, -0.15) is 0 Å². The molecule has 1 fully saturated rings. The van der Waals surface area contributed by atoms with Gasteiger partial charge in [-0.25, -0.2) is 0 Å². The van der Waals surface area contributed by atoms with Crippen molar-refractivity contribution in [2.45, 2.75) is 44.8 Å². The smallest absolute Gasteiger partial charge is 0.0576 e. The molecule has 2 rings (SSSR count). The van der Waals surface area contributed by atoms with Crippen molar-refractivity contribution < 1.29 is 4.74 Å². The van der Waals surface area contributed by atoms with E-state index in [0.717, 1.165) is 26.0 Å². The Kier molecular flexibility index (Phi) is 5.86. The van der Waals surface area contributed by atoms with E-state index in [1.165, 1.54) is 24.1 Å². The van der Waals surface area contributed by atoms with Crippen LogP contribution < -0.4 is 10.2 Å². The molecule has 0 radical (unpaired) electrons. The fraction of sp³-hybridized carbons (Fsp3) is 0.647. The van der Waals surface area contributed by atoms with E-state index in [0.29, 0.717) is 12.1 Å². The molecule has 3 heteroatoms. The monoisotopic (exact) mass is 276 g/mol. The van der Waals surface area contributed by atoms with Gasteiger partial charge in [0.05, 0.1) is 6.10 Å². The third-order valence-corrected chi connectivity index (χ3v) is 4.04. The molecule has 1 aliphatic heterocycles. The summed E-state index contributed by atoms with van der Waals surface area (Å²) < 4.78 is 5.74. The zero-order chi connectivity index (χ0) is 14.4. The minimum atomic E-state index is 0.434. The number of nitrogens with zero attached hydrogens (tertiary/aromatic N) is 1. The van der Waals surface area contributed by atoms with Crippen molar-refractivity contribution in [2.75, 3.05) is 32.1 Å². The van der Waals surface area contributed by atoms with Gasteiger partial charge < -0.3 is 15.0 Å². The van der Waals surface area contributed by atoms with Crippen molar-refractivity contribution >= 4 is 5.69 Å². The van der Waals surface area contributed by atoms with Crippen LogP contribution in [0.25, 0.3) is 0 Å². The molecule has 2 unspecified atom stereocenters. The Balaban J connectivity index is 2.00. The fourth-order valence-electron chi connectivity index (χ4n) is 2.88. The molecule has 0 bridgehead atoms. The molecule has 3 nitrogen and oxygen atoms in total. The summed E-state index contributed by atoms with van der Waals surface area (Å²) in [5.74, 6) is 0. The second-order valence-electron chi connectivity index (χ2n) is 5.81. The van der Waals surface area contributed by atoms with E-state index in [1.54, 1.807) is 0 Å². The highest BCUT2D eigenvalue weighted by atomic mass is 16.5. The van der Waals surface area contributed by atoms with Gasteiger partial charge in [-0.1, -0.05) is 19.1 Å². The third kappa shape index (κ3) is 4.22. The van der Waals surface area contributed by atoms with Crippen molar-refractivity contribution in [1.29, 1.82) is 0 Å². The van der Waals surface area contributed by atoms with E-state index in [-0.39, 0.29) is 0 Å². The van der Waals surface area contributed by atoms with Gasteiger partial charge in [0.2, 0.25) is 0 Å². The fourth-order valence-corrected chi connectivity index (χ4v) is 2.88. The van der Waals surface area contributed by atoms with Gasteiger partial charge in [-0.3, -0.25) is 0 Å². The van der Waals surface area contributed by atoms with E-state index < -0.39 is 0 Å². The van der Waals surface area contributed by atoms with E-state index >= 15 is 0 Å². The van der Waals surface area contributed by atoms with Crippen LogP contribution in [-0.2, 0) is 4.74 Å². The number of hydrogen-bond donors (Lipinski definition) is 1. The summed E-state index contributed by atoms with van der Waals surface area (Å²) in [6, 6.07) is 9.27. The second kappa shape index (κ2) is 7.65. The Morgan fingerprint density at radius 2 is 2.25 bits per heavy atom. The number of benzene rings is 1. The molecule has 0 aromatic heterocycles. The maximum atomic E-state index is 5.74. The largest absolute Gasteiger partial charge is 0.378 e. The molecule has 112 valence electrons. The van der Waals surface area contributed by atoms with Gasteiger partial charge in [0.15, 0.2) is 0 Å². The summed E-state index contributed by atoms with van der Waals surface area (Å²) >= 11 is 0. The Hall–Kier alpha value is -1.06. The van der Waals surface area contributed by atoms with Crippen LogP contribution in [0, 0.1) is 0 Å². The van der Waals surface area contributed by atoms with Gasteiger partial charge in [0.1, 0.15) is 0 Å². The third-order valence-electron chi connectivity index (χ3n) is 4.04. The van der Waals surface area contributed by atoms with Gasteiger partial charge in [0, 0.05) is 32.4 Å². The lowest BCUT2D eigenvalue weighted by molar-refractivity contribution is 0.0996. The SMILES string of the molecule is CCNC(CCC1CCCO1)c1cccc(N(C)C)c1. The summed E-state index contributed by atoms with van der Waals surface area (Å²) in [5, 5.41) is 3.61. The van der Waals surface area contributed by atoms with Crippen LogP contribution in [0.1, 0.15) is 44.2 Å². The van der Waals surface area contributed by atoms with Crippen molar-refractivity contribution in [3.8, 4) is 0 Å². The van der Waals surface area contributed by atoms with E-state index in [1.807, 2.05) is 0 Å². The maximum Gasteiger partial charge on any atom is 0.0576 e. The van der Waals surface area contributed by atoms with Crippen LogP contribution >= 0.6 is 0 Å². The maximum absolute atomic E-state index is 5.74. The molecule has 1 aliphatic rings. The lowest BCUT2D eigenvalue weighted by Gasteiger charge is -2.22. The van der Waals surface area contributed by atoms with Crippen LogP contribution in [-0.4, -0.2) is 33.4 Å². The van der Waals surface area contributed by atoms with Crippen molar-refractivity contribution in [3.05, 3.63) is 29.8 Å². The molecule has 2 atom stereocenters. The molecule has 0 saturated carbocycles. The number of ether oxygens (including phenoxy) is 1. The highest BCUT2D eigenvalue weighted by molar-refractivity contribution is 5.47. The number of nitrogens with one attached hydrogen (secondary N) is 1. The van der Waals surface area contributed by atoms with Gasteiger partial charge >= 0.3 is 0 Å². The van der Waals surface area contributed by atoms with Crippen LogP contribution in [0.2, 0.25) is 0 Å². The first-order valence-electron chi connectivity index (χ1n) is 7.83. The van der Waals surface area contributed by atoms with Crippen molar-refractivity contribution in [3.63, 3.8) is 0 Å². The number of rotatable bonds is 7. The Morgan fingerprint density at radius 3 is 2.90 bits per heavy atom. The minimum Gasteiger partial charge on any atom is -0.378 e. The first kappa shape index (κ1) is 15.3. The molecule has 1 saturated heterocycles. The van der Waals surface area contributed by atoms with Gasteiger partial charge in [0.25, 0.3) is 0 Å².